The molecule has 4 rings (SSSR count). The van der Waals surface area contributed by atoms with Crippen LogP contribution in [0.1, 0.15) is 37.3 Å². The maximum Gasteiger partial charge on any atom is 0.235 e. The smallest absolute Gasteiger partial charge is 0.235 e. The van der Waals surface area contributed by atoms with Crippen molar-refractivity contribution in [3.8, 4) is 0 Å². The number of aromatic nitrogens is 7. The van der Waals surface area contributed by atoms with E-state index in [1.807, 2.05) is 24.8 Å². The van der Waals surface area contributed by atoms with Crippen LogP contribution in [0.2, 0.25) is 0 Å². The number of nitrogens with one attached hydrogen (secondary N) is 3. The van der Waals surface area contributed by atoms with Gasteiger partial charge in [-0.1, -0.05) is 0 Å². The number of nitrogens with zero attached hydrogens (tertiary/aromatic N) is 7. The Morgan fingerprint density at radius 1 is 1.26 bits per heavy atom. The Bertz CT molecular complexity index is 1010. The van der Waals surface area contributed by atoms with E-state index in [0.717, 1.165) is 37.5 Å². The van der Waals surface area contributed by atoms with Gasteiger partial charge < -0.3 is 20.6 Å². The maximum atomic E-state index is 13.1. The number of rotatable bonds is 7. The maximum absolute atomic E-state index is 13.1. The number of hydrogen-bond acceptors (Lipinski definition) is 10. The zero-order chi connectivity index (χ0) is 21.8. The summed E-state index contributed by atoms with van der Waals surface area (Å²) in [6, 6.07) is 1.48. The normalized spacial score (nSPS) is 17.4. The number of H-pyrrole nitrogens is 1. The van der Waals surface area contributed by atoms with E-state index in [-0.39, 0.29) is 18.6 Å². The minimum absolute atomic E-state index is 0.128. The van der Waals surface area contributed by atoms with Crippen molar-refractivity contribution >= 4 is 23.7 Å². The molecule has 11 nitrogen and oxygen atoms in total. The SMILES string of the molecule is Cc1cc(Nc2nc(N[C@@H](C)c3ncc(F)cn3)nc(N3CCC[C@H](CO)C3)n2)n[nH]1. The van der Waals surface area contributed by atoms with Crippen LogP contribution in [0.25, 0.3) is 0 Å². The van der Waals surface area contributed by atoms with E-state index in [4.69, 9.17) is 0 Å². The van der Waals surface area contributed by atoms with Crippen LogP contribution >= 0.6 is 0 Å². The van der Waals surface area contributed by atoms with Gasteiger partial charge in [-0.2, -0.15) is 20.1 Å². The van der Waals surface area contributed by atoms with Gasteiger partial charge in [0, 0.05) is 31.5 Å². The molecule has 12 heteroatoms. The molecule has 1 saturated heterocycles. The minimum Gasteiger partial charge on any atom is -0.396 e. The molecule has 4 N–H and O–H groups in total. The first-order valence-electron chi connectivity index (χ1n) is 10.1. The summed E-state index contributed by atoms with van der Waals surface area (Å²) in [5, 5.41) is 22.9. The molecule has 3 aromatic rings. The minimum atomic E-state index is -0.497. The Morgan fingerprint density at radius 3 is 2.74 bits per heavy atom. The van der Waals surface area contributed by atoms with E-state index >= 15 is 0 Å². The van der Waals surface area contributed by atoms with E-state index in [9.17, 15) is 9.50 Å². The van der Waals surface area contributed by atoms with Crippen molar-refractivity contribution in [3.05, 3.63) is 35.8 Å². The summed E-state index contributed by atoms with van der Waals surface area (Å²) in [4.78, 5) is 23.6. The third-order valence-electron chi connectivity index (χ3n) is 5.00. The van der Waals surface area contributed by atoms with Crippen LogP contribution in [0.3, 0.4) is 0 Å². The third kappa shape index (κ3) is 5.20. The Morgan fingerprint density at radius 2 is 2.03 bits per heavy atom. The van der Waals surface area contributed by atoms with Gasteiger partial charge in [-0.05, 0) is 32.6 Å². The molecule has 0 amide bonds. The number of hydrogen-bond donors (Lipinski definition) is 4. The Hall–Kier alpha value is -3.41. The molecule has 1 fully saturated rings. The zero-order valence-corrected chi connectivity index (χ0v) is 17.4. The first-order chi connectivity index (χ1) is 15.0. The standard InChI is InChI=1S/C19H25FN10O/c1-11-6-15(29-28-11)24-18-25-17(23-12(2)16-21-7-14(20)8-22-16)26-19(27-18)30-5-3-4-13(9-30)10-31/h6-8,12-13,31H,3-5,9-10H2,1-2H3,(H3,23,24,25,26,27,28,29)/t12-,13-/m0/s1. The van der Waals surface area contributed by atoms with E-state index < -0.39 is 5.82 Å². The molecule has 1 aliphatic heterocycles. The average molecular weight is 428 g/mol. The van der Waals surface area contributed by atoms with Gasteiger partial charge in [0.15, 0.2) is 11.6 Å². The van der Waals surface area contributed by atoms with E-state index in [1.54, 1.807) is 0 Å². The Labute approximate surface area is 178 Å². The number of halogens is 1. The summed E-state index contributed by atoms with van der Waals surface area (Å²) in [7, 11) is 0. The van der Waals surface area contributed by atoms with E-state index in [2.05, 4.69) is 45.8 Å². The van der Waals surface area contributed by atoms with Crippen LogP contribution in [0.15, 0.2) is 18.5 Å². The molecule has 0 unspecified atom stereocenters. The molecule has 164 valence electrons. The highest BCUT2D eigenvalue weighted by Crippen LogP contribution is 2.24. The highest BCUT2D eigenvalue weighted by atomic mass is 19.1. The lowest BCUT2D eigenvalue weighted by Crippen LogP contribution is -2.38. The predicted octanol–water partition coefficient (Wildman–Crippen LogP) is 1.96. The fourth-order valence-corrected chi connectivity index (χ4v) is 3.42. The lowest BCUT2D eigenvalue weighted by molar-refractivity contribution is 0.208. The first kappa shape index (κ1) is 20.8. The summed E-state index contributed by atoms with van der Waals surface area (Å²) in [5.74, 6) is 1.84. The van der Waals surface area contributed by atoms with Gasteiger partial charge in [0.1, 0.15) is 5.82 Å². The van der Waals surface area contributed by atoms with Crippen molar-refractivity contribution in [2.45, 2.75) is 32.7 Å². The van der Waals surface area contributed by atoms with Crippen LogP contribution in [0, 0.1) is 18.7 Å². The summed E-state index contributed by atoms with van der Waals surface area (Å²) < 4.78 is 13.1. The van der Waals surface area contributed by atoms with Gasteiger partial charge in [0.2, 0.25) is 17.8 Å². The molecule has 4 heterocycles. The summed E-state index contributed by atoms with van der Waals surface area (Å²) >= 11 is 0. The number of aromatic amines is 1. The summed E-state index contributed by atoms with van der Waals surface area (Å²) in [6.07, 6.45) is 4.16. The quantitative estimate of drug-likeness (QED) is 0.441. The van der Waals surface area contributed by atoms with Gasteiger partial charge in [0.05, 0.1) is 18.4 Å². The third-order valence-corrected chi connectivity index (χ3v) is 5.00. The average Bonchev–Trinajstić information content (AvgIpc) is 3.18. The van der Waals surface area contributed by atoms with Crippen LogP contribution < -0.4 is 15.5 Å². The predicted molar refractivity (Wildman–Crippen MR) is 112 cm³/mol. The zero-order valence-electron chi connectivity index (χ0n) is 17.4. The molecule has 3 aromatic heterocycles. The van der Waals surface area contributed by atoms with Crippen molar-refractivity contribution in [1.82, 2.24) is 35.1 Å². The van der Waals surface area contributed by atoms with Crippen molar-refractivity contribution in [2.75, 3.05) is 35.2 Å². The highest BCUT2D eigenvalue weighted by Gasteiger charge is 2.23. The van der Waals surface area contributed by atoms with Crippen LogP contribution in [0.5, 0.6) is 0 Å². The monoisotopic (exact) mass is 428 g/mol. The largest absolute Gasteiger partial charge is 0.396 e. The van der Waals surface area contributed by atoms with Crippen LogP contribution in [-0.4, -0.2) is 59.9 Å². The van der Waals surface area contributed by atoms with Crippen molar-refractivity contribution in [3.63, 3.8) is 0 Å². The number of piperidine rings is 1. The lowest BCUT2D eigenvalue weighted by atomic mass is 9.99. The molecular formula is C19H25FN10O. The van der Waals surface area contributed by atoms with E-state index in [1.165, 1.54) is 0 Å². The molecule has 0 saturated carbocycles. The molecule has 0 spiro atoms. The fraction of sp³-hybridized carbons (Fsp3) is 0.474. The van der Waals surface area contributed by atoms with Crippen LogP contribution in [0.4, 0.5) is 28.1 Å². The number of anilines is 4. The second-order valence-corrected chi connectivity index (χ2v) is 7.61. The molecule has 1 aliphatic rings. The second-order valence-electron chi connectivity index (χ2n) is 7.61. The van der Waals surface area contributed by atoms with Crippen molar-refractivity contribution < 1.29 is 9.50 Å². The molecule has 0 aliphatic carbocycles. The van der Waals surface area contributed by atoms with Gasteiger partial charge >= 0.3 is 0 Å². The number of aryl methyl sites for hydroxylation is 1. The Kier molecular flexibility index (Phi) is 6.16. The van der Waals surface area contributed by atoms with Crippen LogP contribution in [-0.2, 0) is 0 Å². The van der Waals surface area contributed by atoms with Gasteiger partial charge in [-0.3, -0.25) is 5.10 Å². The van der Waals surface area contributed by atoms with Gasteiger partial charge in [-0.15, -0.1) is 0 Å². The molecule has 31 heavy (non-hydrogen) atoms. The second kappa shape index (κ2) is 9.16. The Balaban J connectivity index is 1.61. The lowest BCUT2D eigenvalue weighted by Gasteiger charge is -2.32. The topological polar surface area (TPSA) is 141 Å². The fourth-order valence-electron chi connectivity index (χ4n) is 3.42. The first-order valence-corrected chi connectivity index (χ1v) is 10.1. The number of aliphatic hydroxyl groups is 1. The highest BCUT2D eigenvalue weighted by molar-refractivity contribution is 5.52. The molecule has 0 radical (unpaired) electrons. The molecule has 2 atom stereocenters. The molecule has 0 aromatic carbocycles. The number of aliphatic hydroxyl groups excluding tert-OH is 1. The summed E-state index contributed by atoms with van der Waals surface area (Å²) in [6.45, 7) is 5.32. The van der Waals surface area contributed by atoms with Crippen molar-refractivity contribution in [1.29, 1.82) is 0 Å². The van der Waals surface area contributed by atoms with Crippen molar-refractivity contribution in [2.24, 2.45) is 5.92 Å². The van der Waals surface area contributed by atoms with Gasteiger partial charge in [0.25, 0.3) is 0 Å². The molecule has 0 bridgehead atoms. The summed E-state index contributed by atoms with van der Waals surface area (Å²) in [5.41, 5.74) is 0.902. The van der Waals surface area contributed by atoms with E-state index in [0.29, 0.717) is 36.0 Å². The molecular weight excluding hydrogens is 403 g/mol. The van der Waals surface area contributed by atoms with Gasteiger partial charge in [-0.25, -0.2) is 14.4 Å².